The fourth-order valence-electron chi connectivity index (χ4n) is 2.51. The molecule has 106 valence electrons. The largest absolute Gasteiger partial charge is 0.375 e. The van der Waals surface area contributed by atoms with Gasteiger partial charge in [0, 0.05) is 13.1 Å². The second kappa shape index (κ2) is 5.60. The number of anilines is 2. The molecule has 1 aromatic rings. The molecule has 0 radical (unpaired) electrons. The number of hydrogen-bond donors (Lipinski definition) is 2. The van der Waals surface area contributed by atoms with Gasteiger partial charge in [-0.05, 0) is 12.1 Å². The molecule has 20 heavy (non-hydrogen) atoms. The van der Waals surface area contributed by atoms with Crippen LogP contribution in [0.2, 0.25) is 0 Å². The Kier molecular flexibility index (Phi) is 3.66. The molecule has 0 aromatic heterocycles. The summed E-state index contributed by atoms with van der Waals surface area (Å²) in [5.41, 5.74) is 1.43. The lowest BCUT2D eigenvalue weighted by Crippen LogP contribution is -2.46. The number of hydrogen-bond acceptors (Lipinski definition) is 4. The molecule has 6 nitrogen and oxygen atoms in total. The fraction of sp³-hybridized carbons (Fsp3) is 0.429. The summed E-state index contributed by atoms with van der Waals surface area (Å²) in [4.78, 5) is 25.6. The number of benzene rings is 1. The number of para-hydroxylation sites is 2. The maximum atomic E-state index is 12.4. The molecule has 1 fully saturated rings. The first-order valence-corrected chi connectivity index (χ1v) is 6.75. The van der Waals surface area contributed by atoms with Gasteiger partial charge in [-0.1, -0.05) is 12.1 Å². The van der Waals surface area contributed by atoms with Crippen molar-refractivity contribution in [1.82, 2.24) is 5.32 Å². The van der Waals surface area contributed by atoms with E-state index in [1.54, 1.807) is 6.07 Å². The average Bonchev–Trinajstić information content (AvgIpc) is 2.47. The normalized spacial score (nSPS) is 22.1. The molecule has 2 amide bonds. The van der Waals surface area contributed by atoms with Gasteiger partial charge in [0.1, 0.15) is 6.54 Å². The zero-order valence-electron chi connectivity index (χ0n) is 11.1. The third kappa shape index (κ3) is 2.66. The van der Waals surface area contributed by atoms with Gasteiger partial charge in [-0.25, -0.2) is 0 Å². The zero-order valence-corrected chi connectivity index (χ0v) is 11.1. The quantitative estimate of drug-likeness (QED) is 0.817. The lowest BCUT2D eigenvalue weighted by Gasteiger charge is -2.31. The maximum Gasteiger partial charge on any atom is 0.244 e. The van der Waals surface area contributed by atoms with Crippen molar-refractivity contribution in [2.75, 3.05) is 36.5 Å². The van der Waals surface area contributed by atoms with Crippen molar-refractivity contribution in [3.63, 3.8) is 0 Å². The molecule has 1 aromatic carbocycles. The van der Waals surface area contributed by atoms with E-state index in [1.165, 1.54) is 4.90 Å². The third-order valence-corrected chi connectivity index (χ3v) is 3.48. The summed E-state index contributed by atoms with van der Waals surface area (Å²) >= 11 is 0. The van der Waals surface area contributed by atoms with E-state index in [-0.39, 0.29) is 30.9 Å². The monoisotopic (exact) mass is 275 g/mol. The number of fused-ring (bicyclic) bond motifs is 1. The summed E-state index contributed by atoms with van der Waals surface area (Å²) in [6, 6.07) is 7.33. The number of carbonyl (C=O) groups excluding carboxylic acids is 2. The molecule has 2 aliphatic heterocycles. The minimum Gasteiger partial charge on any atom is -0.375 e. The van der Waals surface area contributed by atoms with Crippen molar-refractivity contribution in [2.45, 2.75) is 12.5 Å². The lowest BCUT2D eigenvalue weighted by molar-refractivity contribution is -0.124. The molecule has 1 atom stereocenters. The second-order valence-corrected chi connectivity index (χ2v) is 4.95. The smallest absolute Gasteiger partial charge is 0.244 e. The summed E-state index contributed by atoms with van der Waals surface area (Å²) in [7, 11) is 0. The Hall–Kier alpha value is -1.92. The van der Waals surface area contributed by atoms with Crippen molar-refractivity contribution in [3.05, 3.63) is 24.3 Å². The molecular weight excluding hydrogens is 258 g/mol. The number of nitrogens with zero attached hydrogens (tertiary/aromatic N) is 1. The lowest BCUT2D eigenvalue weighted by atomic mass is 10.1. The highest BCUT2D eigenvalue weighted by atomic mass is 16.5. The van der Waals surface area contributed by atoms with Gasteiger partial charge in [0.25, 0.3) is 0 Å². The van der Waals surface area contributed by atoms with Gasteiger partial charge in [0.2, 0.25) is 11.8 Å². The van der Waals surface area contributed by atoms with Crippen molar-refractivity contribution in [2.24, 2.45) is 0 Å². The van der Waals surface area contributed by atoms with Crippen LogP contribution in [-0.2, 0) is 14.3 Å². The van der Waals surface area contributed by atoms with Crippen molar-refractivity contribution in [1.29, 1.82) is 0 Å². The first kappa shape index (κ1) is 13.1. The van der Waals surface area contributed by atoms with E-state index < -0.39 is 0 Å². The molecule has 2 aliphatic rings. The fourth-order valence-corrected chi connectivity index (χ4v) is 2.51. The molecule has 1 unspecified atom stereocenters. The molecule has 3 rings (SSSR count). The van der Waals surface area contributed by atoms with Gasteiger partial charge in [-0.15, -0.1) is 0 Å². The number of morpholine rings is 1. The van der Waals surface area contributed by atoms with Crippen molar-refractivity contribution >= 4 is 23.2 Å². The van der Waals surface area contributed by atoms with Crippen LogP contribution in [0, 0.1) is 0 Å². The third-order valence-electron chi connectivity index (χ3n) is 3.48. The van der Waals surface area contributed by atoms with E-state index in [9.17, 15) is 9.59 Å². The van der Waals surface area contributed by atoms with E-state index >= 15 is 0 Å². The average molecular weight is 275 g/mol. The number of rotatable bonds is 2. The molecule has 1 saturated heterocycles. The molecule has 0 aliphatic carbocycles. The van der Waals surface area contributed by atoms with Gasteiger partial charge >= 0.3 is 0 Å². The number of nitrogens with one attached hydrogen (secondary N) is 2. The molecule has 0 bridgehead atoms. The molecule has 6 heteroatoms. The summed E-state index contributed by atoms with van der Waals surface area (Å²) in [6.45, 7) is 2.18. The van der Waals surface area contributed by atoms with Crippen LogP contribution in [-0.4, -0.2) is 44.2 Å². The maximum absolute atomic E-state index is 12.4. The summed E-state index contributed by atoms with van der Waals surface area (Å²) < 4.78 is 5.54. The highest BCUT2D eigenvalue weighted by Crippen LogP contribution is 2.29. The van der Waals surface area contributed by atoms with Crippen LogP contribution in [0.25, 0.3) is 0 Å². The van der Waals surface area contributed by atoms with Crippen LogP contribution < -0.4 is 15.5 Å². The first-order chi connectivity index (χ1) is 9.74. The number of amides is 2. The van der Waals surface area contributed by atoms with E-state index in [2.05, 4.69) is 10.6 Å². The Morgan fingerprint density at radius 3 is 3.05 bits per heavy atom. The number of ether oxygens (including phenoxy) is 1. The highest BCUT2D eigenvalue weighted by molar-refractivity contribution is 6.09. The SMILES string of the molecule is O=C1CN(C(=O)CC2CNCCO2)c2ccccc2N1. The van der Waals surface area contributed by atoms with Crippen LogP contribution in [0.15, 0.2) is 24.3 Å². The van der Waals surface area contributed by atoms with Gasteiger partial charge in [0.05, 0.1) is 30.5 Å². The predicted octanol–water partition coefficient (Wildman–Crippen LogP) is 0.350. The topological polar surface area (TPSA) is 70.7 Å². The molecule has 0 spiro atoms. The Morgan fingerprint density at radius 1 is 1.40 bits per heavy atom. The summed E-state index contributed by atoms with van der Waals surface area (Å²) in [5, 5.41) is 5.97. The summed E-state index contributed by atoms with van der Waals surface area (Å²) in [6.07, 6.45) is 0.169. The predicted molar refractivity (Wildman–Crippen MR) is 74.7 cm³/mol. The van der Waals surface area contributed by atoms with Gasteiger partial charge in [-0.3, -0.25) is 9.59 Å². The molecule has 2 heterocycles. The van der Waals surface area contributed by atoms with Crippen LogP contribution in [0.4, 0.5) is 11.4 Å². The van der Waals surface area contributed by atoms with Crippen LogP contribution in [0.1, 0.15) is 6.42 Å². The Labute approximate surface area is 117 Å². The highest BCUT2D eigenvalue weighted by Gasteiger charge is 2.28. The summed E-state index contributed by atoms with van der Waals surface area (Å²) in [5.74, 6) is -0.249. The van der Waals surface area contributed by atoms with E-state index in [1.807, 2.05) is 18.2 Å². The van der Waals surface area contributed by atoms with Crippen molar-refractivity contribution in [3.8, 4) is 0 Å². The molecule has 2 N–H and O–H groups in total. The van der Waals surface area contributed by atoms with Crippen LogP contribution in [0.5, 0.6) is 0 Å². The number of carbonyl (C=O) groups is 2. The first-order valence-electron chi connectivity index (χ1n) is 6.75. The van der Waals surface area contributed by atoms with E-state index in [0.29, 0.717) is 18.8 Å². The zero-order chi connectivity index (χ0) is 13.9. The molecular formula is C14H17N3O3. The van der Waals surface area contributed by atoms with Gasteiger partial charge in [-0.2, -0.15) is 0 Å². The van der Waals surface area contributed by atoms with Crippen LogP contribution in [0.3, 0.4) is 0 Å². The van der Waals surface area contributed by atoms with Gasteiger partial charge in [0.15, 0.2) is 0 Å². The Bertz CT molecular complexity index is 526. The molecule has 0 saturated carbocycles. The minimum atomic E-state index is -0.167. The van der Waals surface area contributed by atoms with Crippen LogP contribution >= 0.6 is 0 Å². The minimum absolute atomic E-state index is 0.0655. The van der Waals surface area contributed by atoms with Gasteiger partial charge < -0.3 is 20.3 Å². The van der Waals surface area contributed by atoms with E-state index in [0.717, 1.165) is 12.2 Å². The Balaban J connectivity index is 1.75. The second-order valence-electron chi connectivity index (χ2n) is 4.95. The standard InChI is InChI=1S/C14H17N3O3/c18-13-9-17(12-4-2-1-3-11(12)16-13)14(19)7-10-8-15-5-6-20-10/h1-4,10,15H,5-9H2,(H,16,18). The Morgan fingerprint density at radius 2 is 2.25 bits per heavy atom. The van der Waals surface area contributed by atoms with E-state index in [4.69, 9.17) is 4.74 Å². The van der Waals surface area contributed by atoms with Crippen molar-refractivity contribution < 1.29 is 14.3 Å².